The van der Waals surface area contributed by atoms with Crippen molar-refractivity contribution in [3.05, 3.63) is 29.8 Å². The van der Waals surface area contributed by atoms with Gasteiger partial charge in [-0.25, -0.2) is 0 Å². The average molecular weight is 320 g/mol. The van der Waals surface area contributed by atoms with Crippen molar-refractivity contribution in [1.29, 1.82) is 0 Å². The van der Waals surface area contributed by atoms with Gasteiger partial charge in [-0.15, -0.1) is 0 Å². The number of nitrogens with one attached hydrogen (secondary N) is 1. The minimum atomic E-state index is -0.720. The van der Waals surface area contributed by atoms with Crippen LogP contribution in [0.1, 0.15) is 44.6 Å². The summed E-state index contributed by atoms with van der Waals surface area (Å²) in [6, 6.07) is 7.72. The number of amides is 1. The van der Waals surface area contributed by atoms with E-state index in [4.69, 9.17) is 15.2 Å². The highest BCUT2D eigenvalue weighted by atomic mass is 16.5. The lowest BCUT2D eigenvalue weighted by atomic mass is 9.82. The Hall–Kier alpha value is -1.43. The van der Waals surface area contributed by atoms with Crippen molar-refractivity contribution >= 4 is 11.6 Å². The van der Waals surface area contributed by atoms with E-state index >= 15 is 0 Å². The van der Waals surface area contributed by atoms with Gasteiger partial charge in [-0.1, -0.05) is 31.4 Å². The van der Waals surface area contributed by atoms with Crippen LogP contribution < -0.4 is 11.1 Å². The average Bonchev–Trinajstić information content (AvgIpc) is 2.56. The maximum Gasteiger partial charge on any atom is 0.244 e. The maximum absolute atomic E-state index is 12.4. The van der Waals surface area contributed by atoms with Gasteiger partial charge in [-0.2, -0.15) is 0 Å². The number of rotatable bonds is 8. The molecule has 2 rings (SSSR count). The van der Waals surface area contributed by atoms with E-state index in [0.717, 1.165) is 36.9 Å². The highest BCUT2D eigenvalue weighted by molar-refractivity contribution is 5.98. The molecule has 1 aliphatic carbocycles. The fourth-order valence-corrected chi connectivity index (χ4v) is 2.86. The summed E-state index contributed by atoms with van der Waals surface area (Å²) >= 11 is 0. The van der Waals surface area contributed by atoms with Gasteiger partial charge < -0.3 is 20.5 Å². The molecule has 0 bridgehead atoms. The normalized spacial score (nSPS) is 17.0. The van der Waals surface area contributed by atoms with Crippen molar-refractivity contribution in [3.8, 4) is 0 Å². The van der Waals surface area contributed by atoms with E-state index in [1.807, 2.05) is 31.2 Å². The smallest absolute Gasteiger partial charge is 0.244 e. The predicted molar refractivity (Wildman–Crippen MR) is 91.2 cm³/mol. The van der Waals surface area contributed by atoms with Crippen LogP contribution >= 0.6 is 0 Å². The fraction of sp³-hybridized carbons (Fsp3) is 0.611. The molecule has 0 atom stereocenters. The number of benzene rings is 1. The number of hydrogen-bond acceptors (Lipinski definition) is 4. The van der Waals surface area contributed by atoms with E-state index in [1.165, 1.54) is 6.42 Å². The van der Waals surface area contributed by atoms with Crippen LogP contribution in [0.2, 0.25) is 0 Å². The first kappa shape index (κ1) is 17.9. The number of hydrogen-bond donors (Lipinski definition) is 2. The van der Waals surface area contributed by atoms with Crippen molar-refractivity contribution in [2.45, 2.75) is 51.2 Å². The Morgan fingerprint density at radius 2 is 1.96 bits per heavy atom. The summed E-state index contributed by atoms with van der Waals surface area (Å²) in [5.41, 5.74) is 7.34. The van der Waals surface area contributed by atoms with Crippen molar-refractivity contribution in [1.82, 2.24) is 0 Å². The van der Waals surface area contributed by atoms with Crippen molar-refractivity contribution < 1.29 is 14.3 Å². The van der Waals surface area contributed by atoms with Gasteiger partial charge in [0.1, 0.15) is 0 Å². The lowest BCUT2D eigenvalue weighted by Gasteiger charge is -2.31. The molecule has 1 amide bonds. The monoisotopic (exact) mass is 320 g/mol. The molecule has 1 fully saturated rings. The first-order valence-corrected chi connectivity index (χ1v) is 8.49. The van der Waals surface area contributed by atoms with Gasteiger partial charge in [0.2, 0.25) is 5.91 Å². The van der Waals surface area contributed by atoms with Gasteiger partial charge >= 0.3 is 0 Å². The summed E-state index contributed by atoms with van der Waals surface area (Å²) in [4.78, 5) is 12.4. The van der Waals surface area contributed by atoms with Crippen LogP contribution in [0, 0.1) is 0 Å². The highest BCUT2D eigenvalue weighted by Gasteiger charge is 2.35. The highest BCUT2D eigenvalue weighted by Crippen LogP contribution is 2.27. The van der Waals surface area contributed by atoms with E-state index in [-0.39, 0.29) is 5.91 Å². The van der Waals surface area contributed by atoms with Gasteiger partial charge in [0, 0.05) is 12.3 Å². The van der Waals surface area contributed by atoms with Crippen LogP contribution in [0.15, 0.2) is 24.3 Å². The lowest BCUT2D eigenvalue weighted by molar-refractivity contribution is -0.122. The number of carbonyl (C=O) groups excluding carboxylic acids is 1. The molecule has 5 heteroatoms. The Labute approximate surface area is 138 Å². The molecule has 0 spiro atoms. The third-order valence-corrected chi connectivity index (χ3v) is 4.23. The zero-order valence-electron chi connectivity index (χ0n) is 14.0. The zero-order valence-corrected chi connectivity index (χ0v) is 14.0. The second-order valence-corrected chi connectivity index (χ2v) is 6.12. The van der Waals surface area contributed by atoms with Gasteiger partial charge in [0.25, 0.3) is 0 Å². The molecule has 1 aliphatic rings. The minimum Gasteiger partial charge on any atom is -0.379 e. The van der Waals surface area contributed by atoms with Crippen LogP contribution in [0.4, 0.5) is 5.69 Å². The molecule has 128 valence electrons. The van der Waals surface area contributed by atoms with Gasteiger partial charge in [-0.3, -0.25) is 4.79 Å². The van der Waals surface area contributed by atoms with Crippen molar-refractivity contribution in [3.63, 3.8) is 0 Å². The molecule has 1 aromatic carbocycles. The molecular weight excluding hydrogens is 292 g/mol. The SMILES string of the molecule is CCOCCOCc1cccc(NC(=O)C2(N)CCCCC2)c1. The Morgan fingerprint density at radius 1 is 1.22 bits per heavy atom. The fourth-order valence-electron chi connectivity index (χ4n) is 2.86. The molecule has 0 unspecified atom stereocenters. The molecule has 0 radical (unpaired) electrons. The topological polar surface area (TPSA) is 73.6 Å². The third kappa shape index (κ3) is 5.61. The molecule has 0 aliphatic heterocycles. The molecule has 1 aromatic rings. The Morgan fingerprint density at radius 3 is 2.70 bits per heavy atom. The summed E-state index contributed by atoms with van der Waals surface area (Å²) in [5, 5.41) is 2.96. The summed E-state index contributed by atoms with van der Waals surface area (Å²) in [7, 11) is 0. The first-order valence-electron chi connectivity index (χ1n) is 8.49. The second-order valence-electron chi connectivity index (χ2n) is 6.12. The van der Waals surface area contributed by atoms with Crippen LogP contribution in [0.3, 0.4) is 0 Å². The molecule has 0 heterocycles. The van der Waals surface area contributed by atoms with Gasteiger partial charge in [0.05, 0.1) is 25.4 Å². The summed E-state index contributed by atoms with van der Waals surface area (Å²) in [5.74, 6) is -0.0772. The zero-order chi connectivity index (χ0) is 16.5. The molecular formula is C18H28N2O3. The molecule has 3 N–H and O–H groups in total. The third-order valence-electron chi connectivity index (χ3n) is 4.23. The molecule has 0 aromatic heterocycles. The van der Waals surface area contributed by atoms with Gasteiger partial charge in [-0.05, 0) is 37.5 Å². The number of anilines is 1. The minimum absolute atomic E-state index is 0.0772. The standard InChI is InChI=1S/C18H28N2O3/c1-2-22-11-12-23-14-15-7-6-8-16(13-15)20-17(21)18(19)9-4-3-5-10-18/h6-8,13H,2-5,9-12,14,19H2,1H3,(H,20,21). The van der Waals surface area contributed by atoms with E-state index in [1.54, 1.807) is 0 Å². The molecule has 5 nitrogen and oxygen atoms in total. The van der Waals surface area contributed by atoms with Gasteiger partial charge in [0.15, 0.2) is 0 Å². The molecule has 1 saturated carbocycles. The Bertz CT molecular complexity index is 499. The lowest BCUT2D eigenvalue weighted by Crippen LogP contribution is -2.52. The molecule has 0 saturated heterocycles. The number of carbonyl (C=O) groups is 1. The van der Waals surface area contributed by atoms with Crippen molar-refractivity contribution in [2.75, 3.05) is 25.1 Å². The van der Waals surface area contributed by atoms with E-state index < -0.39 is 5.54 Å². The summed E-state index contributed by atoms with van der Waals surface area (Å²) in [6.07, 6.45) is 4.74. The summed E-state index contributed by atoms with van der Waals surface area (Å²) in [6.45, 7) is 4.33. The molecule has 23 heavy (non-hydrogen) atoms. The van der Waals surface area contributed by atoms with Crippen LogP contribution in [-0.2, 0) is 20.9 Å². The number of nitrogens with two attached hydrogens (primary N) is 1. The largest absolute Gasteiger partial charge is 0.379 e. The van der Waals surface area contributed by atoms with Crippen LogP contribution in [-0.4, -0.2) is 31.3 Å². The maximum atomic E-state index is 12.4. The Balaban J connectivity index is 1.85. The Kier molecular flexibility index (Phi) is 7.02. The first-order chi connectivity index (χ1) is 11.1. The van der Waals surface area contributed by atoms with Crippen molar-refractivity contribution in [2.24, 2.45) is 5.73 Å². The second kappa shape index (κ2) is 9.01. The number of ether oxygens (including phenoxy) is 2. The predicted octanol–water partition coefficient (Wildman–Crippen LogP) is 2.84. The van der Waals surface area contributed by atoms with E-state index in [9.17, 15) is 4.79 Å². The van der Waals surface area contributed by atoms with Crippen LogP contribution in [0.25, 0.3) is 0 Å². The quantitative estimate of drug-likeness (QED) is 0.722. The summed E-state index contributed by atoms with van der Waals surface area (Å²) < 4.78 is 10.8. The van der Waals surface area contributed by atoms with E-state index in [2.05, 4.69) is 5.32 Å². The van der Waals surface area contributed by atoms with E-state index in [0.29, 0.717) is 26.4 Å². The van der Waals surface area contributed by atoms with Crippen LogP contribution in [0.5, 0.6) is 0 Å².